The predicted octanol–water partition coefficient (Wildman–Crippen LogP) is 4.58. The van der Waals surface area contributed by atoms with Gasteiger partial charge in [0.25, 0.3) is 0 Å². The number of alkyl halides is 6. The van der Waals surface area contributed by atoms with Crippen molar-refractivity contribution in [3.8, 4) is 0 Å². The van der Waals surface area contributed by atoms with E-state index in [2.05, 4.69) is 0 Å². The van der Waals surface area contributed by atoms with E-state index in [9.17, 15) is 31.1 Å². The van der Waals surface area contributed by atoms with Crippen molar-refractivity contribution in [1.29, 1.82) is 0 Å². The summed E-state index contributed by atoms with van der Waals surface area (Å²) in [6.45, 7) is 1.72. The molecule has 1 aliphatic rings. The molecule has 0 bridgehead atoms. The molecule has 0 amide bonds. The Morgan fingerprint density at radius 1 is 1.19 bits per heavy atom. The van der Waals surface area contributed by atoms with Crippen LogP contribution in [0.2, 0.25) is 0 Å². The predicted molar refractivity (Wildman–Crippen MR) is 81.2 cm³/mol. The molecule has 9 heteroatoms. The number of nitrogens with zero attached hydrogens (tertiary/aromatic N) is 1. The van der Waals surface area contributed by atoms with Crippen LogP contribution >= 0.6 is 0 Å². The molecule has 1 saturated heterocycles. The van der Waals surface area contributed by atoms with Crippen LogP contribution in [0.5, 0.6) is 0 Å². The molecule has 1 unspecified atom stereocenters. The van der Waals surface area contributed by atoms with E-state index >= 15 is 0 Å². The second kappa shape index (κ2) is 7.85. The van der Waals surface area contributed by atoms with Crippen molar-refractivity contribution in [3.05, 3.63) is 35.4 Å². The van der Waals surface area contributed by atoms with Crippen molar-refractivity contribution in [2.24, 2.45) is 5.92 Å². The highest BCUT2D eigenvalue weighted by molar-refractivity contribution is 5.72. The molecule has 146 valence electrons. The zero-order valence-corrected chi connectivity index (χ0v) is 14.0. The van der Waals surface area contributed by atoms with Crippen LogP contribution in [0.15, 0.2) is 24.3 Å². The Labute approximate surface area is 146 Å². The number of rotatable bonds is 4. The van der Waals surface area contributed by atoms with Gasteiger partial charge in [-0.3, -0.25) is 9.69 Å². The minimum Gasteiger partial charge on any atom is -0.466 e. The first kappa shape index (κ1) is 20.5. The molecule has 0 radical (unpaired) electrons. The second-order valence-electron chi connectivity index (χ2n) is 6.13. The van der Waals surface area contributed by atoms with Crippen molar-refractivity contribution in [1.82, 2.24) is 4.90 Å². The summed E-state index contributed by atoms with van der Waals surface area (Å²) in [7, 11) is 0. The van der Waals surface area contributed by atoms with Crippen molar-refractivity contribution in [2.45, 2.75) is 38.2 Å². The molecule has 0 N–H and O–H groups in total. The van der Waals surface area contributed by atoms with Crippen LogP contribution < -0.4 is 0 Å². The maximum absolute atomic E-state index is 13.6. The van der Waals surface area contributed by atoms with Gasteiger partial charge in [0.1, 0.15) is 6.04 Å². The summed E-state index contributed by atoms with van der Waals surface area (Å²) in [6.07, 6.45) is -9.11. The maximum atomic E-state index is 13.6. The molecular weight excluding hydrogens is 364 g/mol. The molecular formula is C17H19F6NO2. The minimum atomic E-state index is -4.74. The third-order valence-corrected chi connectivity index (χ3v) is 4.35. The summed E-state index contributed by atoms with van der Waals surface area (Å²) in [5.74, 6) is -0.934. The number of ether oxygens (including phenoxy) is 1. The lowest BCUT2D eigenvalue weighted by atomic mass is 9.93. The smallest absolute Gasteiger partial charge is 0.416 e. The molecule has 26 heavy (non-hydrogen) atoms. The summed E-state index contributed by atoms with van der Waals surface area (Å²) in [4.78, 5) is 12.8. The first-order valence-electron chi connectivity index (χ1n) is 8.18. The lowest BCUT2D eigenvalue weighted by molar-refractivity contribution is -0.191. The first-order chi connectivity index (χ1) is 12.0. The van der Waals surface area contributed by atoms with E-state index < -0.39 is 41.4 Å². The quantitative estimate of drug-likeness (QED) is 0.563. The normalized spacial score (nSPS) is 18.6. The Kier molecular flexibility index (Phi) is 6.21. The van der Waals surface area contributed by atoms with Gasteiger partial charge >= 0.3 is 18.3 Å². The van der Waals surface area contributed by atoms with Crippen molar-refractivity contribution in [3.63, 3.8) is 0 Å². The van der Waals surface area contributed by atoms with Crippen LogP contribution in [-0.2, 0) is 15.7 Å². The standard InChI is InChI=1S/C17H19F6NO2/c1-2-26-15(25)11-6-8-24(9-7-11)14(17(21,22)23)12-4-3-5-13(10-12)16(18,19)20/h3-5,10-11,14H,2,6-9H2,1H3. The monoisotopic (exact) mass is 383 g/mol. The molecule has 0 spiro atoms. The van der Waals surface area contributed by atoms with Crippen molar-refractivity contribution >= 4 is 5.97 Å². The summed E-state index contributed by atoms with van der Waals surface area (Å²) >= 11 is 0. The number of carbonyl (C=O) groups is 1. The van der Waals surface area contributed by atoms with Crippen LogP contribution in [0.4, 0.5) is 26.3 Å². The lowest BCUT2D eigenvalue weighted by Crippen LogP contribution is -2.44. The molecule has 1 heterocycles. The van der Waals surface area contributed by atoms with Crippen LogP contribution in [0.1, 0.15) is 36.9 Å². The average molecular weight is 383 g/mol. The third-order valence-electron chi connectivity index (χ3n) is 4.35. The molecule has 0 saturated carbocycles. The van der Waals surface area contributed by atoms with Crippen molar-refractivity contribution in [2.75, 3.05) is 19.7 Å². The Morgan fingerprint density at radius 3 is 2.31 bits per heavy atom. The van der Waals surface area contributed by atoms with Gasteiger partial charge in [-0.1, -0.05) is 12.1 Å². The van der Waals surface area contributed by atoms with Gasteiger partial charge in [0.15, 0.2) is 0 Å². The Bertz CT molecular complexity index is 620. The average Bonchev–Trinajstić information content (AvgIpc) is 2.54. The van der Waals surface area contributed by atoms with Gasteiger partial charge in [-0.25, -0.2) is 0 Å². The van der Waals surface area contributed by atoms with Gasteiger partial charge < -0.3 is 4.74 Å². The van der Waals surface area contributed by atoms with E-state index in [0.29, 0.717) is 6.07 Å². The summed E-state index contributed by atoms with van der Waals surface area (Å²) in [6, 6.07) is 1.15. The molecule has 2 rings (SSSR count). The molecule has 0 aliphatic carbocycles. The number of likely N-dealkylation sites (tertiary alicyclic amines) is 1. The summed E-state index contributed by atoms with van der Waals surface area (Å²) < 4.78 is 84.1. The van der Waals surface area contributed by atoms with Crippen molar-refractivity contribution < 1.29 is 35.9 Å². The van der Waals surface area contributed by atoms with E-state index in [1.807, 2.05) is 0 Å². The fraction of sp³-hybridized carbons (Fsp3) is 0.588. The number of carbonyl (C=O) groups excluding carboxylic acids is 1. The minimum absolute atomic E-state index is 0.0517. The van der Waals surface area contributed by atoms with Gasteiger partial charge in [0.2, 0.25) is 0 Å². The Hall–Kier alpha value is -1.77. The van der Waals surface area contributed by atoms with E-state index in [1.54, 1.807) is 6.92 Å². The zero-order valence-electron chi connectivity index (χ0n) is 14.0. The fourth-order valence-corrected chi connectivity index (χ4v) is 3.15. The van der Waals surface area contributed by atoms with Crippen LogP contribution in [0.25, 0.3) is 0 Å². The third kappa shape index (κ3) is 4.90. The molecule has 3 nitrogen and oxygen atoms in total. The SMILES string of the molecule is CCOC(=O)C1CCN(C(c2cccc(C(F)(F)F)c2)C(F)(F)F)CC1. The van der Waals surface area contributed by atoms with E-state index in [0.717, 1.165) is 23.1 Å². The van der Waals surface area contributed by atoms with E-state index in [-0.39, 0.29) is 32.5 Å². The lowest BCUT2D eigenvalue weighted by Gasteiger charge is -2.38. The zero-order chi connectivity index (χ0) is 19.5. The molecule has 1 fully saturated rings. The van der Waals surface area contributed by atoms with E-state index in [4.69, 9.17) is 4.74 Å². The number of esters is 1. The summed E-state index contributed by atoms with van der Waals surface area (Å²) in [5, 5.41) is 0. The Morgan fingerprint density at radius 2 is 1.81 bits per heavy atom. The highest BCUT2D eigenvalue weighted by atomic mass is 19.4. The number of benzene rings is 1. The highest BCUT2D eigenvalue weighted by Crippen LogP contribution is 2.41. The molecule has 0 aromatic heterocycles. The molecule has 1 aliphatic heterocycles. The number of piperidine rings is 1. The van der Waals surface area contributed by atoms with Crippen LogP contribution in [-0.4, -0.2) is 36.7 Å². The summed E-state index contributed by atoms with van der Waals surface area (Å²) in [5.41, 5.74) is -1.58. The first-order valence-corrected chi connectivity index (χ1v) is 8.18. The number of hydrogen-bond donors (Lipinski definition) is 0. The van der Waals surface area contributed by atoms with Gasteiger partial charge in [-0.2, -0.15) is 26.3 Å². The Balaban J connectivity index is 2.21. The largest absolute Gasteiger partial charge is 0.466 e. The fourth-order valence-electron chi connectivity index (χ4n) is 3.15. The number of halogens is 6. The highest BCUT2D eigenvalue weighted by Gasteiger charge is 2.46. The van der Waals surface area contributed by atoms with Gasteiger partial charge in [0, 0.05) is 0 Å². The maximum Gasteiger partial charge on any atom is 0.416 e. The second-order valence-corrected chi connectivity index (χ2v) is 6.13. The van der Waals surface area contributed by atoms with E-state index in [1.165, 1.54) is 0 Å². The van der Waals surface area contributed by atoms with Gasteiger partial charge in [-0.05, 0) is 50.6 Å². The topological polar surface area (TPSA) is 29.5 Å². The number of hydrogen-bond acceptors (Lipinski definition) is 3. The van der Waals surface area contributed by atoms with Gasteiger partial charge in [-0.15, -0.1) is 0 Å². The van der Waals surface area contributed by atoms with Crippen LogP contribution in [0, 0.1) is 5.92 Å². The molecule has 1 aromatic rings. The molecule has 1 aromatic carbocycles. The van der Waals surface area contributed by atoms with Crippen LogP contribution in [0.3, 0.4) is 0 Å². The van der Waals surface area contributed by atoms with Gasteiger partial charge in [0.05, 0.1) is 18.1 Å². The molecule has 1 atom stereocenters.